The molecule has 0 aliphatic carbocycles. The first-order valence-electron chi connectivity index (χ1n) is 13.5. The van der Waals surface area contributed by atoms with Gasteiger partial charge in [-0.2, -0.15) is 0 Å². The number of amides is 1. The highest BCUT2D eigenvalue weighted by atomic mass is 28.4. The molecule has 0 saturated heterocycles. The van der Waals surface area contributed by atoms with Crippen molar-refractivity contribution in [2.24, 2.45) is 0 Å². The lowest BCUT2D eigenvalue weighted by Crippen LogP contribution is -2.68. The highest BCUT2D eigenvalue weighted by Gasteiger charge is 2.52. The van der Waals surface area contributed by atoms with Gasteiger partial charge in [0.1, 0.15) is 5.60 Å². The van der Waals surface area contributed by atoms with E-state index in [0.717, 1.165) is 6.42 Å². The van der Waals surface area contributed by atoms with Crippen molar-refractivity contribution < 1.29 is 14.0 Å². The predicted octanol–water partition coefficient (Wildman–Crippen LogP) is 6.35. The standard InChI is InChI=1S/C33H41NO3Si/c1-32(2,3)36-31(35)34-25-28(23-22-27(34)24-26-16-10-7-11-17-26)37-38(33(4,5)6,29-18-12-8-13-19-29)30-20-14-9-15-21-30/h7-23,27-28H,24-25H2,1-6H3/t27-,28-/m1/s1. The Morgan fingerprint density at radius 2 is 1.29 bits per heavy atom. The molecule has 0 saturated carbocycles. The first-order chi connectivity index (χ1) is 18.0. The molecule has 3 aromatic rings. The number of carbonyl (C=O) groups excluding carboxylic acids is 1. The maximum absolute atomic E-state index is 13.5. The van der Waals surface area contributed by atoms with Gasteiger partial charge in [-0.25, -0.2) is 4.79 Å². The third-order valence-corrected chi connectivity index (χ3v) is 12.0. The molecule has 0 N–H and O–H groups in total. The van der Waals surface area contributed by atoms with Crippen molar-refractivity contribution in [2.75, 3.05) is 6.54 Å². The number of carbonyl (C=O) groups is 1. The Bertz CT molecular complexity index is 1170. The minimum Gasteiger partial charge on any atom is -0.444 e. The number of benzene rings is 3. The van der Waals surface area contributed by atoms with E-state index >= 15 is 0 Å². The normalized spacial score (nSPS) is 18.3. The zero-order chi connectivity index (χ0) is 27.4. The summed E-state index contributed by atoms with van der Waals surface area (Å²) >= 11 is 0. The molecule has 200 valence electrons. The molecule has 38 heavy (non-hydrogen) atoms. The Morgan fingerprint density at radius 3 is 1.76 bits per heavy atom. The van der Waals surface area contributed by atoms with Gasteiger partial charge in [0.15, 0.2) is 0 Å². The van der Waals surface area contributed by atoms with Gasteiger partial charge in [-0.05, 0) is 48.2 Å². The summed E-state index contributed by atoms with van der Waals surface area (Å²) in [5.74, 6) is 0. The molecule has 0 radical (unpaired) electrons. The molecule has 0 aromatic heterocycles. The number of rotatable bonds is 6. The quantitative estimate of drug-likeness (QED) is 0.277. The maximum atomic E-state index is 13.5. The van der Waals surface area contributed by atoms with Gasteiger partial charge in [0.05, 0.1) is 18.7 Å². The molecule has 0 unspecified atom stereocenters. The fraction of sp³-hybridized carbons (Fsp3) is 0.364. The average Bonchev–Trinajstić information content (AvgIpc) is 2.88. The Balaban J connectivity index is 1.74. The Labute approximate surface area is 229 Å². The van der Waals surface area contributed by atoms with Gasteiger partial charge < -0.3 is 9.16 Å². The van der Waals surface area contributed by atoms with Crippen LogP contribution in [0.15, 0.2) is 103 Å². The molecule has 4 nitrogen and oxygen atoms in total. The van der Waals surface area contributed by atoms with Crippen LogP contribution >= 0.6 is 0 Å². The summed E-state index contributed by atoms with van der Waals surface area (Å²) in [7, 11) is -2.77. The summed E-state index contributed by atoms with van der Waals surface area (Å²) in [4.78, 5) is 15.3. The van der Waals surface area contributed by atoms with Crippen LogP contribution in [-0.4, -0.2) is 43.6 Å². The van der Waals surface area contributed by atoms with Crippen molar-refractivity contribution in [3.8, 4) is 0 Å². The summed E-state index contributed by atoms with van der Waals surface area (Å²) in [6.07, 6.45) is 4.44. The molecule has 1 aliphatic heterocycles. The second-order valence-electron chi connectivity index (χ2n) is 12.1. The second-order valence-corrected chi connectivity index (χ2v) is 16.3. The Morgan fingerprint density at radius 1 is 0.789 bits per heavy atom. The molecular formula is C33H41NO3Si. The first-order valence-corrected chi connectivity index (χ1v) is 15.4. The number of hydrogen-bond donors (Lipinski definition) is 0. The fourth-order valence-corrected chi connectivity index (χ4v) is 9.93. The minimum atomic E-state index is -2.77. The van der Waals surface area contributed by atoms with Gasteiger partial charge in [-0.3, -0.25) is 4.90 Å². The van der Waals surface area contributed by atoms with E-state index in [2.05, 4.69) is 106 Å². The van der Waals surface area contributed by atoms with Crippen LogP contribution in [-0.2, 0) is 15.6 Å². The largest absolute Gasteiger partial charge is 0.444 e. The molecule has 5 heteroatoms. The molecular weight excluding hydrogens is 486 g/mol. The fourth-order valence-electron chi connectivity index (χ4n) is 5.31. The van der Waals surface area contributed by atoms with E-state index < -0.39 is 13.9 Å². The molecule has 0 spiro atoms. The zero-order valence-electron chi connectivity index (χ0n) is 23.6. The topological polar surface area (TPSA) is 38.8 Å². The summed E-state index contributed by atoms with van der Waals surface area (Å²) in [6.45, 7) is 13.0. The minimum absolute atomic E-state index is 0.105. The molecule has 4 rings (SSSR count). The molecule has 2 atom stereocenters. The van der Waals surface area contributed by atoms with Crippen LogP contribution in [0.25, 0.3) is 0 Å². The van der Waals surface area contributed by atoms with Crippen LogP contribution in [0.3, 0.4) is 0 Å². The Hall–Kier alpha value is -3.15. The second kappa shape index (κ2) is 11.3. The van der Waals surface area contributed by atoms with Crippen LogP contribution in [0.1, 0.15) is 47.1 Å². The third-order valence-electron chi connectivity index (χ3n) is 6.99. The molecule has 1 amide bonds. The predicted molar refractivity (Wildman–Crippen MR) is 159 cm³/mol. The van der Waals surface area contributed by atoms with Gasteiger partial charge in [-0.1, -0.05) is 124 Å². The first kappa shape index (κ1) is 27.9. The lowest BCUT2D eigenvalue weighted by atomic mass is 10.0. The lowest BCUT2D eigenvalue weighted by molar-refractivity contribution is 0.0109. The maximum Gasteiger partial charge on any atom is 0.410 e. The molecule has 0 fully saturated rings. The van der Waals surface area contributed by atoms with Gasteiger partial charge in [-0.15, -0.1) is 0 Å². The Kier molecular flexibility index (Phi) is 8.29. The number of nitrogens with zero attached hydrogens (tertiary/aromatic N) is 1. The van der Waals surface area contributed by atoms with Crippen molar-refractivity contribution in [3.05, 3.63) is 109 Å². The van der Waals surface area contributed by atoms with Crippen molar-refractivity contribution >= 4 is 24.8 Å². The van der Waals surface area contributed by atoms with Gasteiger partial charge in [0.25, 0.3) is 8.32 Å². The molecule has 1 aliphatic rings. The highest BCUT2D eigenvalue weighted by molar-refractivity contribution is 6.99. The van der Waals surface area contributed by atoms with Crippen LogP contribution in [0.5, 0.6) is 0 Å². The molecule has 0 bridgehead atoms. The zero-order valence-corrected chi connectivity index (χ0v) is 24.6. The van der Waals surface area contributed by atoms with Gasteiger partial charge in [0, 0.05) is 0 Å². The van der Waals surface area contributed by atoms with E-state index in [-0.39, 0.29) is 23.3 Å². The molecule has 3 aromatic carbocycles. The summed E-state index contributed by atoms with van der Waals surface area (Å²) in [5.41, 5.74) is 0.603. The SMILES string of the molecule is CC(C)(C)OC(=O)N1C[C@H](O[Si](c2ccccc2)(c2ccccc2)C(C)(C)C)C=C[C@@H]1Cc1ccccc1. The van der Waals surface area contributed by atoms with E-state index in [9.17, 15) is 4.79 Å². The van der Waals surface area contributed by atoms with E-state index in [1.807, 2.05) is 43.9 Å². The van der Waals surface area contributed by atoms with E-state index in [0.29, 0.717) is 6.54 Å². The van der Waals surface area contributed by atoms with Crippen molar-refractivity contribution in [1.82, 2.24) is 4.90 Å². The average molecular weight is 528 g/mol. The summed E-state index contributed by atoms with van der Waals surface area (Å²) < 4.78 is 13.2. The van der Waals surface area contributed by atoms with E-state index in [4.69, 9.17) is 9.16 Å². The van der Waals surface area contributed by atoms with E-state index in [1.165, 1.54) is 15.9 Å². The van der Waals surface area contributed by atoms with Crippen molar-refractivity contribution in [1.29, 1.82) is 0 Å². The highest BCUT2D eigenvalue weighted by Crippen LogP contribution is 2.38. The van der Waals surface area contributed by atoms with Gasteiger partial charge in [0.2, 0.25) is 0 Å². The summed E-state index contributed by atoms with van der Waals surface area (Å²) in [5, 5.41) is 2.30. The van der Waals surface area contributed by atoms with Crippen molar-refractivity contribution in [2.45, 2.75) is 70.7 Å². The molecule has 1 heterocycles. The van der Waals surface area contributed by atoms with Crippen LogP contribution < -0.4 is 10.4 Å². The monoisotopic (exact) mass is 527 g/mol. The number of hydrogen-bond acceptors (Lipinski definition) is 3. The van der Waals surface area contributed by atoms with Crippen LogP contribution in [0.4, 0.5) is 4.79 Å². The van der Waals surface area contributed by atoms with Crippen LogP contribution in [0, 0.1) is 0 Å². The van der Waals surface area contributed by atoms with Crippen molar-refractivity contribution in [3.63, 3.8) is 0 Å². The lowest BCUT2D eigenvalue weighted by Gasteiger charge is -2.46. The number of ether oxygens (including phenoxy) is 1. The van der Waals surface area contributed by atoms with Gasteiger partial charge >= 0.3 is 6.09 Å². The smallest absolute Gasteiger partial charge is 0.410 e. The van der Waals surface area contributed by atoms with Crippen LogP contribution in [0.2, 0.25) is 5.04 Å². The van der Waals surface area contributed by atoms with E-state index in [1.54, 1.807) is 0 Å². The summed E-state index contributed by atoms with van der Waals surface area (Å²) in [6, 6.07) is 31.4. The third kappa shape index (κ3) is 6.28.